The van der Waals surface area contributed by atoms with Crippen molar-refractivity contribution in [2.45, 2.75) is 46.1 Å². The van der Waals surface area contributed by atoms with Gasteiger partial charge in [-0.15, -0.1) is 0 Å². The van der Waals surface area contributed by atoms with Crippen LogP contribution in [0.3, 0.4) is 0 Å². The number of fused-ring (bicyclic) bond motifs is 2. The van der Waals surface area contributed by atoms with Gasteiger partial charge in [0.25, 0.3) is 0 Å². The molecule has 12 heavy (non-hydrogen) atoms. The smallest absolute Gasteiger partial charge is 0.0704 e. The van der Waals surface area contributed by atoms with Crippen molar-refractivity contribution in [1.29, 1.82) is 0 Å². The summed E-state index contributed by atoms with van der Waals surface area (Å²) in [5, 5.41) is 0. The van der Waals surface area contributed by atoms with Crippen LogP contribution in [0, 0.1) is 23.9 Å². The van der Waals surface area contributed by atoms with E-state index in [1.165, 1.54) is 19.3 Å². The van der Waals surface area contributed by atoms with E-state index in [9.17, 15) is 0 Å². The molecule has 1 unspecified atom stereocenters. The van der Waals surface area contributed by atoms with Gasteiger partial charge in [0.1, 0.15) is 0 Å². The van der Waals surface area contributed by atoms with Crippen LogP contribution in [-0.4, -0.2) is 6.10 Å². The van der Waals surface area contributed by atoms with E-state index >= 15 is 0 Å². The highest BCUT2D eigenvalue weighted by Gasteiger charge is 2.61. The second-order valence-corrected chi connectivity index (χ2v) is 5.27. The van der Waals surface area contributed by atoms with Crippen LogP contribution in [0.25, 0.3) is 0 Å². The van der Waals surface area contributed by atoms with Crippen molar-refractivity contribution < 1.29 is 4.74 Å². The molecule has 1 nitrogen and oxygen atoms in total. The summed E-state index contributed by atoms with van der Waals surface area (Å²) in [6.07, 6.45) is 4.35. The van der Waals surface area contributed by atoms with Gasteiger partial charge >= 0.3 is 0 Å². The van der Waals surface area contributed by atoms with Crippen molar-refractivity contribution in [3.05, 3.63) is 7.11 Å². The molecule has 2 fully saturated rings. The molecule has 0 N–H and O–H groups in total. The fraction of sp³-hybridized carbons (Fsp3) is 0.909. The summed E-state index contributed by atoms with van der Waals surface area (Å²) < 4.78 is 5.33. The molecule has 69 valence electrons. The molecule has 2 rings (SSSR count). The van der Waals surface area contributed by atoms with E-state index in [1.807, 2.05) is 0 Å². The minimum Gasteiger partial charge on any atom is -0.375 e. The lowest BCUT2D eigenvalue weighted by Crippen LogP contribution is -2.36. The number of hydrogen-bond acceptors (Lipinski definition) is 1. The zero-order valence-corrected chi connectivity index (χ0v) is 8.39. The second-order valence-electron chi connectivity index (χ2n) is 5.27. The first-order valence-electron chi connectivity index (χ1n) is 4.93. The Morgan fingerprint density at radius 2 is 2.00 bits per heavy atom. The molecule has 0 spiro atoms. The molecule has 0 amide bonds. The first-order valence-corrected chi connectivity index (χ1v) is 4.93. The predicted octanol–water partition coefficient (Wildman–Crippen LogP) is 3.01. The molecule has 0 heterocycles. The minimum absolute atomic E-state index is 0.388. The Kier molecular flexibility index (Phi) is 1.61. The normalized spacial score (nSPS) is 50.0. The summed E-state index contributed by atoms with van der Waals surface area (Å²) in [4.78, 5) is 0. The molecule has 2 aliphatic rings. The molecular weight excluding hydrogens is 148 g/mol. The van der Waals surface area contributed by atoms with E-state index in [0.717, 1.165) is 5.92 Å². The topological polar surface area (TPSA) is 9.23 Å². The largest absolute Gasteiger partial charge is 0.375 e. The molecule has 2 bridgehead atoms. The third kappa shape index (κ3) is 0.736. The zero-order valence-electron chi connectivity index (χ0n) is 8.39. The Balaban J connectivity index is 2.33. The first kappa shape index (κ1) is 8.55. The number of rotatable bonds is 1. The van der Waals surface area contributed by atoms with Crippen molar-refractivity contribution in [3.8, 4) is 0 Å². The van der Waals surface area contributed by atoms with Gasteiger partial charge in [-0.25, -0.2) is 0 Å². The second kappa shape index (κ2) is 2.25. The lowest BCUT2D eigenvalue weighted by Gasteiger charge is -2.38. The molecule has 2 aliphatic carbocycles. The van der Waals surface area contributed by atoms with Crippen LogP contribution in [0.5, 0.6) is 0 Å². The average Bonchev–Trinajstić information content (AvgIpc) is 2.34. The van der Waals surface area contributed by atoms with Gasteiger partial charge in [0, 0.05) is 0 Å². The highest BCUT2D eigenvalue weighted by Crippen LogP contribution is 2.66. The number of ether oxygens (including phenoxy) is 1. The van der Waals surface area contributed by atoms with Gasteiger partial charge in [-0.05, 0) is 36.0 Å². The SMILES string of the molecule is [CH2]OC1C[C@H]2CC[C@@]1(C)C2(C)C. The molecule has 3 atom stereocenters. The highest BCUT2D eigenvalue weighted by atomic mass is 16.5. The molecule has 0 aliphatic heterocycles. The van der Waals surface area contributed by atoms with Gasteiger partial charge in [0.15, 0.2) is 0 Å². The van der Waals surface area contributed by atoms with Gasteiger partial charge in [-0.3, -0.25) is 0 Å². The quantitative estimate of drug-likeness (QED) is 0.583. The van der Waals surface area contributed by atoms with Crippen LogP contribution >= 0.6 is 0 Å². The molecular formula is C11H19O. The van der Waals surface area contributed by atoms with Crippen molar-refractivity contribution in [2.24, 2.45) is 16.7 Å². The van der Waals surface area contributed by atoms with E-state index in [2.05, 4.69) is 27.9 Å². The maximum Gasteiger partial charge on any atom is 0.0704 e. The molecule has 0 aromatic heterocycles. The Morgan fingerprint density at radius 1 is 1.33 bits per heavy atom. The Bertz CT molecular complexity index is 197. The van der Waals surface area contributed by atoms with Crippen molar-refractivity contribution in [3.63, 3.8) is 0 Å². The standard InChI is InChI=1S/C11H19O/c1-10(2)8-5-6-11(10,3)9(7-8)12-4/h8-9H,4-7H2,1-3H3/t8-,9?,11-/m1/s1. The third-order valence-corrected chi connectivity index (χ3v) is 4.92. The minimum atomic E-state index is 0.388. The van der Waals surface area contributed by atoms with Gasteiger partial charge in [0.05, 0.1) is 13.2 Å². The van der Waals surface area contributed by atoms with Gasteiger partial charge in [0.2, 0.25) is 0 Å². The van der Waals surface area contributed by atoms with E-state index in [1.54, 1.807) is 0 Å². The Hall–Kier alpha value is -0.0400. The summed E-state index contributed by atoms with van der Waals surface area (Å²) in [6, 6.07) is 0. The van der Waals surface area contributed by atoms with E-state index in [0.29, 0.717) is 16.9 Å². The monoisotopic (exact) mass is 167 g/mol. The highest BCUT2D eigenvalue weighted by molar-refractivity contribution is 5.11. The van der Waals surface area contributed by atoms with E-state index in [-0.39, 0.29) is 0 Å². The van der Waals surface area contributed by atoms with Crippen molar-refractivity contribution in [2.75, 3.05) is 0 Å². The zero-order chi connectivity index (χ0) is 8.98. The van der Waals surface area contributed by atoms with Crippen molar-refractivity contribution in [1.82, 2.24) is 0 Å². The summed E-state index contributed by atoms with van der Waals surface area (Å²) in [5.74, 6) is 0.870. The van der Waals surface area contributed by atoms with Crippen LogP contribution in [0.4, 0.5) is 0 Å². The Labute approximate surface area is 75.5 Å². The maximum atomic E-state index is 5.33. The lowest BCUT2D eigenvalue weighted by atomic mass is 9.70. The summed E-state index contributed by atoms with van der Waals surface area (Å²) in [6.45, 7) is 7.16. The van der Waals surface area contributed by atoms with Gasteiger partial charge < -0.3 is 4.74 Å². The summed E-state index contributed by atoms with van der Waals surface area (Å²) in [7, 11) is 3.60. The van der Waals surface area contributed by atoms with Crippen LogP contribution in [-0.2, 0) is 4.74 Å². The maximum absolute atomic E-state index is 5.33. The third-order valence-electron chi connectivity index (χ3n) is 4.92. The molecule has 0 saturated heterocycles. The van der Waals surface area contributed by atoms with Gasteiger partial charge in [-0.1, -0.05) is 20.8 Å². The first-order chi connectivity index (χ1) is 5.52. The van der Waals surface area contributed by atoms with Gasteiger partial charge in [-0.2, -0.15) is 0 Å². The van der Waals surface area contributed by atoms with Crippen LogP contribution in [0.15, 0.2) is 0 Å². The average molecular weight is 167 g/mol. The number of hydrogen-bond donors (Lipinski definition) is 0. The van der Waals surface area contributed by atoms with Crippen molar-refractivity contribution >= 4 is 0 Å². The molecule has 0 aromatic rings. The molecule has 0 aromatic carbocycles. The fourth-order valence-electron chi connectivity index (χ4n) is 3.38. The predicted molar refractivity (Wildman–Crippen MR) is 49.5 cm³/mol. The van der Waals surface area contributed by atoms with Crippen LogP contribution in [0.2, 0.25) is 0 Å². The molecule has 1 heteroatoms. The van der Waals surface area contributed by atoms with Crippen LogP contribution < -0.4 is 0 Å². The molecule has 2 saturated carbocycles. The molecule has 1 radical (unpaired) electrons. The lowest BCUT2D eigenvalue weighted by molar-refractivity contribution is -0.00191. The summed E-state index contributed by atoms with van der Waals surface area (Å²) >= 11 is 0. The summed E-state index contributed by atoms with van der Waals surface area (Å²) in [5.41, 5.74) is 0.856. The van der Waals surface area contributed by atoms with E-state index < -0.39 is 0 Å². The Morgan fingerprint density at radius 3 is 2.25 bits per heavy atom. The van der Waals surface area contributed by atoms with Crippen LogP contribution in [0.1, 0.15) is 40.0 Å². The van der Waals surface area contributed by atoms with E-state index in [4.69, 9.17) is 4.74 Å². The fourth-order valence-corrected chi connectivity index (χ4v) is 3.38.